The van der Waals surface area contributed by atoms with Gasteiger partial charge in [-0.3, -0.25) is 9.69 Å². The maximum absolute atomic E-state index is 13.5. The lowest BCUT2D eigenvalue weighted by Gasteiger charge is -2.28. The van der Waals surface area contributed by atoms with Gasteiger partial charge in [0.05, 0.1) is 5.56 Å². The van der Waals surface area contributed by atoms with E-state index in [0.717, 1.165) is 36.1 Å². The summed E-state index contributed by atoms with van der Waals surface area (Å²) >= 11 is 7.34. The summed E-state index contributed by atoms with van der Waals surface area (Å²) in [6, 6.07) is 18.1. The van der Waals surface area contributed by atoms with Gasteiger partial charge in [0, 0.05) is 21.5 Å². The molecule has 29 heavy (non-hydrogen) atoms. The Hall–Kier alpha value is -2.63. The van der Waals surface area contributed by atoms with Gasteiger partial charge in [0.2, 0.25) is 0 Å². The molecule has 4 rings (SSSR count). The Morgan fingerprint density at radius 2 is 1.66 bits per heavy atom. The summed E-state index contributed by atoms with van der Waals surface area (Å²) < 4.78 is 0. The lowest BCUT2D eigenvalue weighted by molar-refractivity contribution is 0.0698. The molecule has 148 valence electrons. The van der Waals surface area contributed by atoms with Crippen molar-refractivity contribution in [2.45, 2.75) is 31.7 Å². The average Bonchev–Trinajstić information content (AvgIpc) is 3.40. The zero-order valence-corrected chi connectivity index (χ0v) is 17.2. The minimum Gasteiger partial charge on any atom is -0.478 e. The van der Waals surface area contributed by atoms with Gasteiger partial charge in [-0.1, -0.05) is 54.8 Å². The van der Waals surface area contributed by atoms with Crippen molar-refractivity contribution in [2.75, 3.05) is 4.90 Å². The second-order valence-electron chi connectivity index (χ2n) is 7.12. The maximum atomic E-state index is 13.5. The zero-order chi connectivity index (χ0) is 20.4. The molecule has 2 aromatic carbocycles. The first kappa shape index (κ1) is 19.7. The molecular formula is C23H20ClNO3S. The number of halogens is 1. The fraction of sp³-hybridized carbons (Fsp3) is 0.217. The first-order chi connectivity index (χ1) is 14.0. The van der Waals surface area contributed by atoms with Crippen molar-refractivity contribution in [1.29, 1.82) is 0 Å². The van der Waals surface area contributed by atoms with E-state index in [1.54, 1.807) is 35.2 Å². The Morgan fingerprint density at radius 3 is 2.28 bits per heavy atom. The number of benzene rings is 2. The van der Waals surface area contributed by atoms with Gasteiger partial charge in [-0.15, -0.1) is 11.3 Å². The summed E-state index contributed by atoms with van der Waals surface area (Å²) in [4.78, 5) is 28.0. The molecule has 0 spiro atoms. The molecule has 1 saturated carbocycles. The van der Waals surface area contributed by atoms with Crippen LogP contribution in [0.5, 0.6) is 0 Å². The van der Waals surface area contributed by atoms with Gasteiger partial charge in [0.25, 0.3) is 5.91 Å². The predicted octanol–water partition coefficient (Wildman–Crippen LogP) is 6.36. The highest BCUT2D eigenvalue weighted by atomic mass is 35.5. The van der Waals surface area contributed by atoms with Crippen molar-refractivity contribution in [3.63, 3.8) is 0 Å². The van der Waals surface area contributed by atoms with Gasteiger partial charge in [0.1, 0.15) is 5.00 Å². The minimum absolute atomic E-state index is 0.00134. The number of carboxylic acids is 1. The molecule has 0 aliphatic heterocycles. The standard InChI is InChI=1S/C23H20ClNO3S/c24-17-12-10-16(11-13-17)21(26)25(18-8-4-5-9-18)22-19(23(27)28)14-20(29-22)15-6-2-1-3-7-15/h1-3,6-7,10-14,18H,4-5,8-9H2,(H,27,28). The molecule has 1 heterocycles. The minimum atomic E-state index is -1.02. The van der Waals surface area contributed by atoms with Gasteiger partial charge in [-0.2, -0.15) is 0 Å². The Bertz CT molecular complexity index is 1020. The summed E-state index contributed by atoms with van der Waals surface area (Å²) in [6.45, 7) is 0. The highest BCUT2D eigenvalue weighted by Crippen LogP contribution is 2.41. The predicted molar refractivity (Wildman–Crippen MR) is 117 cm³/mol. The third-order valence-electron chi connectivity index (χ3n) is 5.22. The first-order valence-corrected chi connectivity index (χ1v) is 10.8. The molecule has 0 saturated heterocycles. The molecule has 1 aliphatic rings. The van der Waals surface area contributed by atoms with E-state index in [1.165, 1.54) is 11.3 Å². The number of thiophene rings is 1. The third-order valence-corrected chi connectivity index (χ3v) is 6.66. The number of hydrogen-bond donors (Lipinski definition) is 1. The number of anilines is 1. The van der Waals surface area contributed by atoms with E-state index in [9.17, 15) is 14.7 Å². The second-order valence-corrected chi connectivity index (χ2v) is 8.59. The smallest absolute Gasteiger partial charge is 0.338 e. The van der Waals surface area contributed by atoms with Crippen LogP contribution in [0.3, 0.4) is 0 Å². The van der Waals surface area contributed by atoms with Crippen molar-refractivity contribution in [1.82, 2.24) is 0 Å². The molecular weight excluding hydrogens is 406 g/mol. The molecule has 0 bridgehead atoms. The lowest BCUT2D eigenvalue weighted by Crippen LogP contribution is -2.39. The maximum Gasteiger partial charge on any atom is 0.338 e. The molecule has 3 aromatic rings. The van der Waals surface area contributed by atoms with Crippen molar-refractivity contribution in [2.24, 2.45) is 0 Å². The Kier molecular flexibility index (Phi) is 5.69. The van der Waals surface area contributed by atoms with E-state index < -0.39 is 5.97 Å². The summed E-state index contributed by atoms with van der Waals surface area (Å²) in [5.74, 6) is -1.21. The molecule has 1 fully saturated rings. The highest BCUT2D eigenvalue weighted by molar-refractivity contribution is 7.20. The number of amides is 1. The van der Waals surface area contributed by atoms with E-state index in [2.05, 4.69) is 0 Å². The number of carboxylic acid groups (broad SMARTS) is 1. The third kappa shape index (κ3) is 4.07. The summed E-state index contributed by atoms with van der Waals surface area (Å²) in [5, 5.41) is 10.9. The van der Waals surface area contributed by atoms with E-state index >= 15 is 0 Å². The lowest BCUT2D eigenvalue weighted by atomic mass is 10.1. The van der Waals surface area contributed by atoms with Crippen LogP contribution >= 0.6 is 22.9 Å². The summed E-state index contributed by atoms with van der Waals surface area (Å²) in [6.07, 6.45) is 3.82. The number of nitrogens with zero attached hydrogens (tertiary/aromatic N) is 1. The van der Waals surface area contributed by atoms with E-state index in [0.29, 0.717) is 15.6 Å². The van der Waals surface area contributed by atoms with Crippen molar-refractivity contribution in [3.05, 3.63) is 76.8 Å². The first-order valence-electron chi connectivity index (χ1n) is 9.56. The van der Waals surface area contributed by atoms with Gasteiger partial charge in [0.15, 0.2) is 0 Å². The largest absolute Gasteiger partial charge is 0.478 e. The molecule has 1 N–H and O–H groups in total. The Balaban J connectivity index is 1.81. The van der Waals surface area contributed by atoms with E-state index in [4.69, 9.17) is 11.6 Å². The average molecular weight is 426 g/mol. The Morgan fingerprint density at radius 1 is 1.00 bits per heavy atom. The molecule has 0 radical (unpaired) electrons. The monoisotopic (exact) mass is 425 g/mol. The fourth-order valence-corrected chi connectivity index (χ4v) is 5.13. The number of hydrogen-bond acceptors (Lipinski definition) is 3. The van der Waals surface area contributed by atoms with Crippen LogP contribution in [0.2, 0.25) is 5.02 Å². The van der Waals surface area contributed by atoms with Crippen LogP contribution in [0.1, 0.15) is 46.4 Å². The van der Waals surface area contributed by atoms with Gasteiger partial charge in [-0.05, 0) is 48.7 Å². The number of aromatic carboxylic acids is 1. The van der Waals surface area contributed by atoms with Gasteiger partial charge in [-0.25, -0.2) is 4.79 Å². The molecule has 1 aliphatic carbocycles. The molecule has 0 atom stereocenters. The van der Waals surface area contributed by atoms with Crippen molar-refractivity contribution in [3.8, 4) is 10.4 Å². The van der Waals surface area contributed by atoms with E-state index in [1.807, 2.05) is 30.3 Å². The van der Waals surface area contributed by atoms with E-state index in [-0.39, 0.29) is 17.5 Å². The van der Waals surface area contributed by atoms with Crippen LogP contribution in [-0.4, -0.2) is 23.0 Å². The van der Waals surface area contributed by atoms with Crippen LogP contribution in [0, 0.1) is 0 Å². The van der Waals surface area contributed by atoms with Gasteiger partial charge < -0.3 is 5.11 Å². The normalized spacial score (nSPS) is 14.1. The van der Waals surface area contributed by atoms with Crippen LogP contribution in [0.4, 0.5) is 5.00 Å². The SMILES string of the molecule is O=C(O)c1cc(-c2ccccc2)sc1N(C(=O)c1ccc(Cl)cc1)C1CCCC1. The number of carbonyl (C=O) groups is 2. The summed E-state index contributed by atoms with van der Waals surface area (Å²) in [7, 11) is 0. The van der Waals surface area contributed by atoms with Crippen LogP contribution in [-0.2, 0) is 0 Å². The van der Waals surface area contributed by atoms with Crippen LogP contribution in [0.25, 0.3) is 10.4 Å². The quantitative estimate of drug-likeness (QED) is 0.517. The summed E-state index contributed by atoms with van der Waals surface area (Å²) in [5.41, 5.74) is 1.62. The van der Waals surface area contributed by atoms with Crippen LogP contribution < -0.4 is 4.90 Å². The molecule has 1 aromatic heterocycles. The molecule has 1 amide bonds. The number of rotatable bonds is 5. The van der Waals surface area contributed by atoms with Crippen molar-refractivity contribution >= 4 is 39.8 Å². The molecule has 6 heteroatoms. The fourth-order valence-electron chi connectivity index (χ4n) is 3.78. The van der Waals surface area contributed by atoms with Crippen LogP contribution in [0.15, 0.2) is 60.7 Å². The van der Waals surface area contributed by atoms with Gasteiger partial charge >= 0.3 is 5.97 Å². The Labute approximate surface area is 178 Å². The topological polar surface area (TPSA) is 57.6 Å². The molecule has 0 unspecified atom stereocenters. The second kappa shape index (κ2) is 8.39. The van der Waals surface area contributed by atoms with Crippen molar-refractivity contribution < 1.29 is 14.7 Å². The number of carbonyl (C=O) groups excluding carboxylic acids is 1. The zero-order valence-electron chi connectivity index (χ0n) is 15.7. The molecule has 4 nitrogen and oxygen atoms in total. The highest BCUT2D eigenvalue weighted by Gasteiger charge is 2.33.